The molecular formula is C24H36N6O. The van der Waals surface area contributed by atoms with E-state index in [1.165, 1.54) is 5.56 Å². The molecule has 0 saturated carbocycles. The van der Waals surface area contributed by atoms with Gasteiger partial charge in [0.05, 0.1) is 13.7 Å². The lowest BCUT2D eigenvalue weighted by molar-refractivity contribution is 0.312. The molecule has 1 aliphatic heterocycles. The van der Waals surface area contributed by atoms with Crippen LogP contribution in [0.25, 0.3) is 0 Å². The summed E-state index contributed by atoms with van der Waals surface area (Å²) in [5.41, 5.74) is 3.51. The number of nitrogens with one attached hydrogen (secondary N) is 2. The van der Waals surface area contributed by atoms with E-state index in [2.05, 4.69) is 76.6 Å². The molecule has 1 fully saturated rings. The second-order valence-corrected chi connectivity index (χ2v) is 7.99. The summed E-state index contributed by atoms with van der Waals surface area (Å²) in [6, 6.07) is 10.6. The molecule has 0 bridgehead atoms. The van der Waals surface area contributed by atoms with Crippen LogP contribution in [0.5, 0.6) is 5.75 Å². The fourth-order valence-electron chi connectivity index (χ4n) is 3.59. The monoisotopic (exact) mass is 424 g/mol. The van der Waals surface area contributed by atoms with Crippen molar-refractivity contribution in [3.8, 4) is 5.75 Å². The number of likely N-dealkylation sites (N-methyl/N-ethyl adjacent to an activating group) is 1. The second-order valence-electron chi connectivity index (χ2n) is 7.99. The van der Waals surface area contributed by atoms with Gasteiger partial charge in [0.15, 0.2) is 5.96 Å². The van der Waals surface area contributed by atoms with Crippen LogP contribution >= 0.6 is 0 Å². The maximum absolute atomic E-state index is 5.42. The molecule has 1 aliphatic rings. The first kappa shape index (κ1) is 22.9. The fourth-order valence-corrected chi connectivity index (χ4v) is 3.59. The lowest BCUT2D eigenvalue weighted by Gasteiger charge is -2.33. The van der Waals surface area contributed by atoms with E-state index in [-0.39, 0.29) is 0 Å². The number of aryl methyl sites for hydroxylation is 1. The van der Waals surface area contributed by atoms with Gasteiger partial charge in [0.25, 0.3) is 0 Å². The zero-order valence-electron chi connectivity index (χ0n) is 19.3. The molecule has 1 aromatic heterocycles. The quantitative estimate of drug-likeness (QED) is 0.501. The van der Waals surface area contributed by atoms with E-state index in [0.717, 1.165) is 74.3 Å². The molecule has 7 heteroatoms. The van der Waals surface area contributed by atoms with Gasteiger partial charge in [-0.1, -0.05) is 18.2 Å². The molecule has 0 spiro atoms. The zero-order chi connectivity index (χ0) is 22.1. The number of hydrogen-bond donors (Lipinski definition) is 2. The van der Waals surface area contributed by atoms with Crippen molar-refractivity contribution in [2.45, 2.75) is 26.8 Å². The van der Waals surface area contributed by atoms with Gasteiger partial charge in [-0.2, -0.15) is 0 Å². The first-order valence-corrected chi connectivity index (χ1v) is 11.1. The molecule has 0 unspecified atom stereocenters. The zero-order valence-corrected chi connectivity index (χ0v) is 19.3. The van der Waals surface area contributed by atoms with E-state index in [9.17, 15) is 0 Å². The molecule has 1 aromatic carbocycles. The summed E-state index contributed by atoms with van der Waals surface area (Å²) in [6.07, 6.45) is 2.85. The molecule has 0 aliphatic carbocycles. The third-order valence-corrected chi connectivity index (χ3v) is 5.58. The minimum absolute atomic E-state index is 0.601. The Morgan fingerprint density at radius 1 is 1.10 bits per heavy atom. The number of piperazine rings is 1. The van der Waals surface area contributed by atoms with Crippen LogP contribution < -0.4 is 20.3 Å². The van der Waals surface area contributed by atoms with E-state index in [0.29, 0.717) is 6.54 Å². The maximum atomic E-state index is 5.42. The van der Waals surface area contributed by atoms with Crippen molar-refractivity contribution in [2.24, 2.45) is 4.99 Å². The van der Waals surface area contributed by atoms with Crippen LogP contribution in [0.2, 0.25) is 0 Å². The Hall–Kier alpha value is -2.80. The Kier molecular flexibility index (Phi) is 8.53. The van der Waals surface area contributed by atoms with Crippen molar-refractivity contribution in [3.05, 3.63) is 53.2 Å². The van der Waals surface area contributed by atoms with E-state index >= 15 is 0 Å². The van der Waals surface area contributed by atoms with Crippen molar-refractivity contribution < 1.29 is 4.74 Å². The van der Waals surface area contributed by atoms with Crippen LogP contribution in [0.1, 0.15) is 23.6 Å². The molecule has 3 rings (SSSR count). The predicted molar refractivity (Wildman–Crippen MR) is 128 cm³/mol. The molecule has 31 heavy (non-hydrogen) atoms. The van der Waals surface area contributed by atoms with E-state index < -0.39 is 0 Å². The van der Waals surface area contributed by atoms with E-state index in [1.807, 2.05) is 6.20 Å². The molecule has 2 aromatic rings. The number of aliphatic imine (C=N–C) groups is 1. The standard InChI is InChI=1S/C24H36N6O/c1-5-25-24(26-11-10-20-7-6-19(2)22(16-20)31-4)28-18-21-8-9-23(27-17-21)30-14-12-29(3)13-15-30/h6-9,16-17H,5,10-15,18H2,1-4H3,(H2,25,26,28). The average Bonchev–Trinajstić information content (AvgIpc) is 2.79. The Bertz CT molecular complexity index is 844. The van der Waals surface area contributed by atoms with Crippen molar-refractivity contribution in [3.63, 3.8) is 0 Å². The Balaban J connectivity index is 1.52. The van der Waals surface area contributed by atoms with Gasteiger partial charge in [0.2, 0.25) is 0 Å². The van der Waals surface area contributed by atoms with Crippen LogP contribution in [0.3, 0.4) is 0 Å². The first-order chi connectivity index (χ1) is 15.1. The summed E-state index contributed by atoms with van der Waals surface area (Å²) in [4.78, 5) is 14.1. The van der Waals surface area contributed by atoms with Gasteiger partial charge >= 0.3 is 0 Å². The van der Waals surface area contributed by atoms with Crippen molar-refractivity contribution >= 4 is 11.8 Å². The molecule has 0 atom stereocenters. The Labute approximate surface area is 186 Å². The highest BCUT2D eigenvalue weighted by Gasteiger charge is 2.14. The maximum Gasteiger partial charge on any atom is 0.191 e. The molecule has 7 nitrogen and oxygen atoms in total. The highest BCUT2D eigenvalue weighted by molar-refractivity contribution is 5.79. The summed E-state index contributed by atoms with van der Waals surface area (Å²) in [6.45, 7) is 10.6. The van der Waals surface area contributed by atoms with E-state index in [1.54, 1.807) is 7.11 Å². The third kappa shape index (κ3) is 6.85. The van der Waals surface area contributed by atoms with Gasteiger partial charge in [0, 0.05) is 45.5 Å². The largest absolute Gasteiger partial charge is 0.496 e. The van der Waals surface area contributed by atoms with Crippen LogP contribution in [0.4, 0.5) is 5.82 Å². The summed E-state index contributed by atoms with van der Waals surface area (Å²) in [5.74, 6) is 2.81. The summed E-state index contributed by atoms with van der Waals surface area (Å²) in [7, 11) is 3.88. The van der Waals surface area contributed by atoms with Gasteiger partial charge < -0.3 is 25.2 Å². The van der Waals surface area contributed by atoms with Crippen LogP contribution in [-0.2, 0) is 13.0 Å². The van der Waals surface area contributed by atoms with Crippen LogP contribution in [-0.4, -0.2) is 69.3 Å². The third-order valence-electron chi connectivity index (χ3n) is 5.58. The second kappa shape index (κ2) is 11.6. The Morgan fingerprint density at radius 2 is 1.87 bits per heavy atom. The molecule has 168 valence electrons. The first-order valence-electron chi connectivity index (χ1n) is 11.1. The minimum atomic E-state index is 0.601. The lowest BCUT2D eigenvalue weighted by Crippen LogP contribution is -2.44. The number of nitrogens with zero attached hydrogens (tertiary/aromatic N) is 4. The topological polar surface area (TPSA) is 65.0 Å². The molecule has 2 heterocycles. The molecular weight excluding hydrogens is 388 g/mol. The fraction of sp³-hybridized carbons (Fsp3) is 0.500. The summed E-state index contributed by atoms with van der Waals surface area (Å²) >= 11 is 0. The van der Waals surface area contributed by atoms with Gasteiger partial charge in [-0.3, -0.25) is 0 Å². The van der Waals surface area contributed by atoms with Gasteiger partial charge in [-0.05, 0) is 56.1 Å². The number of methoxy groups -OCH3 is 1. The summed E-state index contributed by atoms with van der Waals surface area (Å²) in [5, 5.41) is 6.74. The van der Waals surface area contributed by atoms with Crippen molar-refractivity contribution in [1.82, 2.24) is 20.5 Å². The number of benzene rings is 1. The van der Waals surface area contributed by atoms with Gasteiger partial charge in [0.1, 0.15) is 11.6 Å². The minimum Gasteiger partial charge on any atom is -0.496 e. The van der Waals surface area contributed by atoms with Crippen LogP contribution in [0, 0.1) is 6.92 Å². The van der Waals surface area contributed by atoms with E-state index in [4.69, 9.17) is 9.73 Å². The predicted octanol–water partition coefficient (Wildman–Crippen LogP) is 2.45. The number of rotatable bonds is 8. The molecule has 2 N–H and O–H groups in total. The number of guanidine groups is 1. The number of anilines is 1. The van der Waals surface area contributed by atoms with Gasteiger partial charge in [-0.15, -0.1) is 0 Å². The average molecular weight is 425 g/mol. The molecule has 1 saturated heterocycles. The SMILES string of the molecule is CCNC(=NCc1ccc(N2CCN(C)CC2)nc1)NCCc1ccc(C)c(OC)c1. The number of aromatic nitrogens is 1. The molecule has 0 radical (unpaired) electrons. The van der Waals surface area contributed by atoms with Crippen molar-refractivity contribution in [2.75, 3.05) is 58.3 Å². The smallest absolute Gasteiger partial charge is 0.191 e. The summed E-state index contributed by atoms with van der Waals surface area (Å²) < 4.78 is 5.42. The normalized spacial score (nSPS) is 15.1. The molecule has 0 amide bonds. The highest BCUT2D eigenvalue weighted by Crippen LogP contribution is 2.19. The lowest BCUT2D eigenvalue weighted by atomic mass is 10.1. The van der Waals surface area contributed by atoms with Gasteiger partial charge in [-0.25, -0.2) is 9.98 Å². The highest BCUT2D eigenvalue weighted by atomic mass is 16.5. The van der Waals surface area contributed by atoms with Crippen molar-refractivity contribution in [1.29, 1.82) is 0 Å². The number of ether oxygens (including phenoxy) is 1. The van der Waals surface area contributed by atoms with Crippen LogP contribution in [0.15, 0.2) is 41.5 Å². The number of hydrogen-bond acceptors (Lipinski definition) is 5. The Morgan fingerprint density at radius 3 is 2.55 bits per heavy atom. The number of pyridine rings is 1.